The summed E-state index contributed by atoms with van der Waals surface area (Å²) in [6, 6.07) is 20.8. The molecule has 0 aliphatic rings. The summed E-state index contributed by atoms with van der Waals surface area (Å²) in [6.45, 7) is 0. The summed E-state index contributed by atoms with van der Waals surface area (Å²) in [5.74, 6) is 0.553. The molecule has 1 N–H and O–H groups in total. The first kappa shape index (κ1) is 20.8. The fraction of sp³-hybridized carbons (Fsp3) is 0.0455. The first-order valence-corrected chi connectivity index (χ1v) is 10.7. The largest absolute Gasteiger partial charge is 0.272 e. The molecule has 4 aromatic rings. The lowest BCUT2D eigenvalue weighted by Gasteiger charge is -2.10. The molecule has 2 aromatic heterocycles. The zero-order valence-electron chi connectivity index (χ0n) is 16.2. The summed E-state index contributed by atoms with van der Waals surface area (Å²) >= 11 is 7.30. The molecular weight excluding hydrogens is 432 g/mol. The molecule has 7 nitrogen and oxygen atoms in total. The number of hydrogen-bond donors (Lipinski definition) is 1. The number of carbonyl (C=O) groups excluding carboxylic acids is 1. The second kappa shape index (κ2) is 10.0. The number of thioether (sulfide) groups is 1. The lowest BCUT2D eigenvalue weighted by molar-refractivity contribution is -0.118. The van der Waals surface area contributed by atoms with Crippen molar-refractivity contribution in [2.75, 3.05) is 5.75 Å². The zero-order valence-corrected chi connectivity index (χ0v) is 17.8. The highest BCUT2D eigenvalue weighted by Gasteiger charge is 2.17. The van der Waals surface area contributed by atoms with Gasteiger partial charge in [0.25, 0.3) is 5.91 Å². The molecule has 0 aliphatic carbocycles. The number of halogens is 1. The van der Waals surface area contributed by atoms with Crippen LogP contribution in [0, 0.1) is 0 Å². The lowest BCUT2D eigenvalue weighted by Crippen LogP contribution is -2.20. The van der Waals surface area contributed by atoms with E-state index in [1.165, 1.54) is 11.8 Å². The fourth-order valence-corrected chi connectivity index (χ4v) is 3.62. The van der Waals surface area contributed by atoms with E-state index in [0.29, 0.717) is 16.0 Å². The Kier molecular flexibility index (Phi) is 6.71. The third-order valence-corrected chi connectivity index (χ3v) is 5.35. The minimum absolute atomic E-state index is 0.135. The molecule has 0 bridgehead atoms. The summed E-state index contributed by atoms with van der Waals surface area (Å²) in [6.07, 6.45) is 4.87. The average molecular weight is 449 g/mol. The highest BCUT2D eigenvalue weighted by atomic mass is 35.5. The van der Waals surface area contributed by atoms with Crippen LogP contribution < -0.4 is 5.43 Å². The predicted octanol–water partition coefficient (Wildman–Crippen LogP) is 4.23. The molecule has 4 rings (SSSR count). The van der Waals surface area contributed by atoms with Gasteiger partial charge in [0.05, 0.1) is 12.0 Å². The molecule has 0 atom stereocenters. The number of benzene rings is 2. The smallest absolute Gasteiger partial charge is 0.250 e. The molecule has 2 aromatic carbocycles. The maximum atomic E-state index is 12.2. The summed E-state index contributed by atoms with van der Waals surface area (Å²) in [5.41, 5.74) is 5.08. The van der Waals surface area contributed by atoms with E-state index < -0.39 is 0 Å². The van der Waals surface area contributed by atoms with Crippen LogP contribution in [-0.4, -0.2) is 37.6 Å². The molecule has 0 saturated heterocycles. The van der Waals surface area contributed by atoms with Gasteiger partial charge in [-0.15, -0.1) is 10.2 Å². The minimum Gasteiger partial charge on any atom is -0.272 e. The van der Waals surface area contributed by atoms with Crippen LogP contribution in [0.25, 0.3) is 17.1 Å². The van der Waals surface area contributed by atoms with Crippen molar-refractivity contribution in [3.8, 4) is 17.1 Å². The van der Waals surface area contributed by atoms with E-state index in [1.54, 1.807) is 36.8 Å². The summed E-state index contributed by atoms with van der Waals surface area (Å²) in [4.78, 5) is 16.2. The highest BCUT2D eigenvalue weighted by Crippen LogP contribution is 2.28. The maximum Gasteiger partial charge on any atom is 0.250 e. The van der Waals surface area contributed by atoms with Crippen molar-refractivity contribution in [3.05, 3.63) is 89.7 Å². The molecule has 0 fully saturated rings. The van der Waals surface area contributed by atoms with Gasteiger partial charge in [-0.05, 0) is 42.5 Å². The summed E-state index contributed by atoms with van der Waals surface area (Å²) in [5, 5.41) is 13.9. The second-order valence-electron chi connectivity index (χ2n) is 6.35. The molecule has 1 amide bonds. The number of nitrogens with one attached hydrogen (secondary N) is 1. The Labute approximate surface area is 188 Å². The van der Waals surface area contributed by atoms with Crippen molar-refractivity contribution in [2.24, 2.45) is 5.10 Å². The molecule has 0 radical (unpaired) electrons. The van der Waals surface area contributed by atoms with Gasteiger partial charge in [0.15, 0.2) is 11.0 Å². The molecule has 0 saturated carbocycles. The van der Waals surface area contributed by atoms with Crippen molar-refractivity contribution in [2.45, 2.75) is 5.16 Å². The van der Waals surface area contributed by atoms with Crippen LogP contribution in [-0.2, 0) is 4.79 Å². The van der Waals surface area contributed by atoms with Crippen LogP contribution in [0.1, 0.15) is 5.56 Å². The molecule has 31 heavy (non-hydrogen) atoms. The SMILES string of the molecule is O=C(CSc1nnc(-c2ccc(Cl)cc2)n1-c1ccccc1)NN=Cc1cccnc1. The molecule has 9 heteroatoms. The number of nitrogens with zero attached hydrogens (tertiary/aromatic N) is 5. The van der Waals surface area contributed by atoms with E-state index in [4.69, 9.17) is 11.6 Å². The summed E-state index contributed by atoms with van der Waals surface area (Å²) in [7, 11) is 0. The van der Waals surface area contributed by atoms with E-state index in [1.807, 2.05) is 53.1 Å². The van der Waals surface area contributed by atoms with E-state index in [9.17, 15) is 4.79 Å². The van der Waals surface area contributed by atoms with Crippen molar-refractivity contribution >= 4 is 35.5 Å². The molecule has 0 spiro atoms. The van der Waals surface area contributed by atoms with Crippen molar-refractivity contribution in [1.29, 1.82) is 0 Å². The Balaban J connectivity index is 1.51. The van der Waals surface area contributed by atoms with Crippen molar-refractivity contribution < 1.29 is 4.79 Å². The van der Waals surface area contributed by atoms with Gasteiger partial charge in [0.1, 0.15) is 0 Å². The lowest BCUT2D eigenvalue weighted by atomic mass is 10.2. The van der Waals surface area contributed by atoms with Crippen LogP contribution in [0.15, 0.2) is 89.4 Å². The van der Waals surface area contributed by atoms with Gasteiger partial charge in [0.2, 0.25) is 0 Å². The van der Waals surface area contributed by atoms with Gasteiger partial charge in [-0.2, -0.15) is 5.10 Å². The number of amides is 1. The number of carbonyl (C=O) groups is 1. The maximum absolute atomic E-state index is 12.2. The van der Waals surface area contributed by atoms with Gasteiger partial charge in [-0.3, -0.25) is 14.3 Å². The highest BCUT2D eigenvalue weighted by molar-refractivity contribution is 7.99. The van der Waals surface area contributed by atoms with Gasteiger partial charge in [-0.1, -0.05) is 47.6 Å². The second-order valence-corrected chi connectivity index (χ2v) is 7.73. The Bertz CT molecular complexity index is 1180. The van der Waals surface area contributed by atoms with Gasteiger partial charge < -0.3 is 0 Å². The summed E-state index contributed by atoms with van der Waals surface area (Å²) < 4.78 is 1.92. The van der Waals surface area contributed by atoms with Crippen LogP contribution in [0.5, 0.6) is 0 Å². The first-order valence-electron chi connectivity index (χ1n) is 9.32. The zero-order chi connectivity index (χ0) is 21.5. The topological polar surface area (TPSA) is 85.1 Å². The molecule has 0 unspecified atom stereocenters. The number of aromatic nitrogens is 4. The predicted molar refractivity (Wildman–Crippen MR) is 123 cm³/mol. The van der Waals surface area contributed by atoms with E-state index in [0.717, 1.165) is 16.8 Å². The fourth-order valence-electron chi connectivity index (χ4n) is 2.75. The Morgan fingerprint density at radius 1 is 1.06 bits per heavy atom. The molecule has 154 valence electrons. The first-order chi connectivity index (χ1) is 15.2. The van der Waals surface area contributed by atoms with Crippen LogP contribution >= 0.6 is 23.4 Å². The number of pyridine rings is 1. The monoisotopic (exact) mass is 448 g/mol. The minimum atomic E-state index is -0.249. The van der Waals surface area contributed by atoms with Crippen LogP contribution in [0.3, 0.4) is 0 Å². The number of para-hydroxylation sites is 1. The van der Waals surface area contributed by atoms with Crippen molar-refractivity contribution in [1.82, 2.24) is 25.2 Å². The van der Waals surface area contributed by atoms with Gasteiger partial charge >= 0.3 is 0 Å². The number of rotatable bonds is 7. The molecule has 0 aliphatic heterocycles. The van der Waals surface area contributed by atoms with Gasteiger partial charge in [0, 0.05) is 34.2 Å². The third-order valence-electron chi connectivity index (χ3n) is 4.17. The quantitative estimate of drug-likeness (QED) is 0.260. The normalized spacial score (nSPS) is 11.0. The third kappa shape index (κ3) is 5.36. The van der Waals surface area contributed by atoms with E-state index >= 15 is 0 Å². The molecule has 2 heterocycles. The standard InChI is InChI=1S/C22H17ClN6OS/c23-18-10-8-17(9-11-18)21-27-28-22(29(21)19-6-2-1-3-7-19)31-15-20(30)26-25-14-16-5-4-12-24-13-16/h1-14H,15H2,(H,26,30). The Hall–Kier alpha value is -3.49. The van der Waals surface area contributed by atoms with Crippen molar-refractivity contribution in [3.63, 3.8) is 0 Å². The number of hydrazone groups is 1. The van der Waals surface area contributed by atoms with Crippen LogP contribution in [0.2, 0.25) is 5.02 Å². The van der Waals surface area contributed by atoms with Crippen LogP contribution in [0.4, 0.5) is 0 Å². The average Bonchev–Trinajstić information content (AvgIpc) is 3.23. The number of hydrogen-bond acceptors (Lipinski definition) is 6. The Morgan fingerprint density at radius 2 is 1.87 bits per heavy atom. The van der Waals surface area contributed by atoms with E-state index in [-0.39, 0.29) is 11.7 Å². The van der Waals surface area contributed by atoms with E-state index in [2.05, 4.69) is 25.7 Å². The molecular formula is C22H17ClN6OS. The van der Waals surface area contributed by atoms with Gasteiger partial charge in [-0.25, -0.2) is 5.43 Å². The Morgan fingerprint density at radius 3 is 2.61 bits per heavy atom.